The fourth-order valence-corrected chi connectivity index (χ4v) is 3.18. The fourth-order valence-electron chi connectivity index (χ4n) is 3.18. The van der Waals surface area contributed by atoms with E-state index in [1.54, 1.807) is 0 Å². The molecule has 2 unspecified atom stereocenters. The molecule has 116 valence electrons. The third-order valence-corrected chi connectivity index (χ3v) is 4.01. The Kier molecular flexibility index (Phi) is 5.37. The summed E-state index contributed by atoms with van der Waals surface area (Å²) in [6, 6.07) is 6.50. The molecule has 0 saturated carbocycles. The molecule has 0 amide bonds. The second-order valence-electron chi connectivity index (χ2n) is 6.02. The number of carboxylic acid groups (broad SMARTS) is 1. The summed E-state index contributed by atoms with van der Waals surface area (Å²) >= 11 is 0. The summed E-state index contributed by atoms with van der Waals surface area (Å²) in [5.74, 6) is -1.17. The van der Waals surface area contributed by atoms with Crippen LogP contribution in [0, 0.1) is 19.8 Å². The minimum Gasteiger partial charge on any atom is -0.481 e. The van der Waals surface area contributed by atoms with Crippen LogP contribution in [-0.4, -0.2) is 41.8 Å². The molecule has 1 aromatic carbocycles. The first-order chi connectivity index (χ1) is 10.0. The number of benzene rings is 1. The van der Waals surface area contributed by atoms with Crippen LogP contribution in [0.3, 0.4) is 0 Å². The lowest BCUT2D eigenvalue weighted by molar-refractivity contribution is -0.143. The number of hydrogen-bond acceptors (Lipinski definition) is 3. The highest BCUT2D eigenvalue weighted by Gasteiger charge is 2.37. The smallest absolute Gasteiger partial charge is 0.310 e. The predicted octanol–water partition coefficient (Wildman–Crippen LogP) is 2.62. The summed E-state index contributed by atoms with van der Waals surface area (Å²) in [5.41, 5.74) is 3.75. The van der Waals surface area contributed by atoms with Gasteiger partial charge in [0, 0.05) is 12.6 Å². The van der Waals surface area contributed by atoms with Crippen molar-refractivity contribution in [3.63, 3.8) is 0 Å². The van der Waals surface area contributed by atoms with Crippen LogP contribution in [0.2, 0.25) is 0 Å². The molecular formula is C17H25NO3. The summed E-state index contributed by atoms with van der Waals surface area (Å²) < 4.78 is 5.42. The predicted molar refractivity (Wildman–Crippen MR) is 82.3 cm³/mol. The number of carbonyl (C=O) groups is 1. The van der Waals surface area contributed by atoms with Crippen LogP contribution in [0.5, 0.6) is 0 Å². The van der Waals surface area contributed by atoms with E-state index in [4.69, 9.17) is 4.74 Å². The van der Waals surface area contributed by atoms with Gasteiger partial charge in [0.2, 0.25) is 0 Å². The maximum absolute atomic E-state index is 11.4. The Morgan fingerprint density at radius 2 is 1.95 bits per heavy atom. The van der Waals surface area contributed by atoms with Gasteiger partial charge in [-0.05, 0) is 32.4 Å². The molecule has 1 aromatic rings. The van der Waals surface area contributed by atoms with Crippen LogP contribution in [-0.2, 0) is 16.1 Å². The van der Waals surface area contributed by atoms with Crippen molar-refractivity contribution in [3.05, 3.63) is 34.9 Å². The zero-order valence-corrected chi connectivity index (χ0v) is 13.1. The largest absolute Gasteiger partial charge is 0.481 e. The highest BCUT2D eigenvalue weighted by atomic mass is 16.5. The van der Waals surface area contributed by atoms with Crippen molar-refractivity contribution in [2.24, 2.45) is 5.92 Å². The lowest BCUT2D eigenvalue weighted by Gasteiger charge is -2.30. The molecule has 1 heterocycles. The first-order valence-corrected chi connectivity index (χ1v) is 7.63. The van der Waals surface area contributed by atoms with E-state index in [0.717, 1.165) is 19.5 Å². The molecule has 21 heavy (non-hydrogen) atoms. The Bertz CT molecular complexity index is 481. The van der Waals surface area contributed by atoms with Gasteiger partial charge in [-0.3, -0.25) is 9.69 Å². The Morgan fingerprint density at radius 1 is 1.29 bits per heavy atom. The molecule has 1 aliphatic heterocycles. The highest BCUT2D eigenvalue weighted by molar-refractivity contribution is 5.71. The minimum atomic E-state index is -0.751. The van der Waals surface area contributed by atoms with Gasteiger partial charge in [0.15, 0.2) is 0 Å². The van der Waals surface area contributed by atoms with E-state index in [1.807, 2.05) is 0 Å². The number of hydrogen-bond donors (Lipinski definition) is 1. The van der Waals surface area contributed by atoms with Gasteiger partial charge in [0.25, 0.3) is 0 Å². The molecule has 4 heteroatoms. The molecule has 0 aromatic heterocycles. The molecule has 0 spiro atoms. The Morgan fingerprint density at radius 3 is 2.52 bits per heavy atom. The maximum Gasteiger partial charge on any atom is 0.310 e. The van der Waals surface area contributed by atoms with Crippen molar-refractivity contribution in [2.45, 2.75) is 39.8 Å². The molecule has 1 fully saturated rings. The molecule has 0 bridgehead atoms. The SMILES string of the molecule is CCCN(Cc1cc(C)cc(C)c1)C1COCC1C(=O)O. The average molecular weight is 291 g/mol. The van der Waals surface area contributed by atoms with Crippen LogP contribution in [0.25, 0.3) is 0 Å². The first kappa shape index (κ1) is 16.0. The summed E-state index contributed by atoms with van der Waals surface area (Å²) in [4.78, 5) is 13.6. The number of carboxylic acids is 1. The van der Waals surface area contributed by atoms with Crippen LogP contribution in [0.4, 0.5) is 0 Å². The quantitative estimate of drug-likeness (QED) is 0.875. The normalized spacial score (nSPS) is 21.9. The fraction of sp³-hybridized carbons (Fsp3) is 0.588. The van der Waals surface area contributed by atoms with Crippen molar-refractivity contribution in [1.82, 2.24) is 4.90 Å². The Labute approximate surface area is 126 Å². The standard InChI is InChI=1S/C17H25NO3/c1-4-5-18(16-11-21-10-15(16)17(19)20)9-14-7-12(2)6-13(3)8-14/h6-8,15-16H,4-5,9-11H2,1-3H3,(H,19,20). The molecule has 0 radical (unpaired) electrons. The molecule has 2 rings (SSSR count). The minimum absolute atomic E-state index is 0.0248. The number of aliphatic carboxylic acids is 1. The van der Waals surface area contributed by atoms with E-state index in [2.05, 4.69) is 43.9 Å². The molecule has 1 N–H and O–H groups in total. The highest BCUT2D eigenvalue weighted by Crippen LogP contribution is 2.23. The third-order valence-electron chi connectivity index (χ3n) is 4.01. The van der Waals surface area contributed by atoms with Crippen molar-refractivity contribution in [3.8, 4) is 0 Å². The zero-order chi connectivity index (χ0) is 15.4. The lowest BCUT2D eigenvalue weighted by atomic mass is 10.0. The summed E-state index contributed by atoms with van der Waals surface area (Å²) in [5, 5.41) is 9.35. The van der Waals surface area contributed by atoms with Crippen molar-refractivity contribution in [1.29, 1.82) is 0 Å². The van der Waals surface area contributed by atoms with Crippen LogP contribution >= 0.6 is 0 Å². The average Bonchev–Trinajstić information content (AvgIpc) is 2.86. The van der Waals surface area contributed by atoms with Gasteiger partial charge in [0.1, 0.15) is 0 Å². The van der Waals surface area contributed by atoms with Gasteiger partial charge < -0.3 is 9.84 Å². The third kappa shape index (κ3) is 4.05. The van der Waals surface area contributed by atoms with Gasteiger partial charge in [0.05, 0.1) is 19.1 Å². The van der Waals surface area contributed by atoms with Gasteiger partial charge >= 0.3 is 5.97 Å². The molecule has 2 atom stereocenters. The number of rotatable bonds is 6. The van der Waals surface area contributed by atoms with E-state index in [0.29, 0.717) is 13.2 Å². The number of ether oxygens (including phenoxy) is 1. The van der Waals surface area contributed by atoms with Gasteiger partial charge in [-0.1, -0.05) is 36.2 Å². The first-order valence-electron chi connectivity index (χ1n) is 7.63. The van der Waals surface area contributed by atoms with Crippen LogP contribution < -0.4 is 0 Å². The maximum atomic E-state index is 11.4. The topological polar surface area (TPSA) is 49.8 Å². The van der Waals surface area contributed by atoms with Crippen LogP contribution in [0.1, 0.15) is 30.0 Å². The molecule has 1 aliphatic rings. The molecule has 1 saturated heterocycles. The Balaban J connectivity index is 2.16. The van der Waals surface area contributed by atoms with Crippen molar-refractivity contribution >= 4 is 5.97 Å². The van der Waals surface area contributed by atoms with Gasteiger partial charge in [-0.2, -0.15) is 0 Å². The van der Waals surface area contributed by atoms with E-state index in [1.165, 1.54) is 16.7 Å². The van der Waals surface area contributed by atoms with Crippen molar-refractivity contribution < 1.29 is 14.6 Å². The van der Waals surface area contributed by atoms with E-state index in [-0.39, 0.29) is 6.04 Å². The van der Waals surface area contributed by atoms with Crippen LogP contribution in [0.15, 0.2) is 18.2 Å². The summed E-state index contributed by atoms with van der Waals surface area (Å²) in [7, 11) is 0. The van der Waals surface area contributed by atoms with E-state index in [9.17, 15) is 9.90 Å². The summed E-state index contributed by atoms with van der Waals surface area (Å²) in [6.45, 7) is 8.84. The van der Waals surface area contributed by atoms with E-state index >= 15 is 0 Å². The van der Waals surface area contributed by atoms with Crippen molar-refractivity contribution in [2.75, 3.05) is 19.8 Å². The monoisotopic (exact) mass is 291 g/mol. The lowest BCUT2D eigenvalue weighted by Crippen LogP contribution is -2.43. The summed E-state index contributed by atoms with van der Waals surface area (Å²) in [6.07, 6.45) is 1.01. The molecule has 0 aliphatic carbocycles. The molecular weight excluding hydrogens is 266 g/mol. The zero-order valence-electron chi connectivity index (χ0n) is 13.1. The second-order valence-corrected chi connectivity index (χ2v) is 6.02. The van der Waals surface area contributed by atoms with E-state index < -0.39 is 11.9 Å². The number of aryl methyl sites for hydroxylation is 2. The van der Waals surface area contributed by atoms with Gasteiger partial charge in [-0.25, -0.2) is 0 Å². The Hall–Kier alpha value is -1.39. The molecule has 4 nitrogen and oxygen atoms in total. The van der Waals surface area contributed by atoms with Gasteiger partial charge in [-0.15, -0.1) is 0 Å². The second kappa shape index (κ2) is 7.05. The number of nitrogens with zero attached hydrogens (tertiary/aromatic N) is 1.